The van der Waals surface area contributed by atoms with E-state index < -0.39 is 43.9 Å². The molecular formula is C32H36N4O8S4. The fraction of sp³-hybridized carbons (Fsp3) is 0.250. The summed E-state index contributed by atoms with van der Waals surface area (Å²) in [6, 6.07) is 35.4. The molecule has 4 unspecified atom stereocenters. The van der Waals surface area contributed by atoms with E-state index in [0.717, 1.165) is 0 Å². The molecule has 5 rings (SSSR count). The van der Waals surface area contributed by atoms with Gasteiger partial charge in [0.15, 0.2) is 0 Å². The molecule has 4 aromatic rings. The Hall–Kier alpha value is -2.84. The van der Waals surface area contributed by atoms with Gasteiger partial charge in [0, 0.05) is 0 Å². The van der Waals surface area contributed by atoms with Gasteiger partial charge in [-0.3, -0.25) is 0 Å². The summed E-state index contributed by atoms with van der Waals surface area (Å²) in [5.41, 5.74) is 0. The van der Waals surface area contributed by atoms with Crippen LogP contribution in [0.4, 0.5) is 0 Å². The van der Waals surface area contributed by atoms with Crippen molar-refractivity contribution in [1.29, 1.82) is 0 Å². The molecule has 0 aliphatic carbocycles. The van der Waals surface area contributed by atoms with Crippen molar-refractivity contribution in [2.24, 2.45) is 0 Å². The summed E-state index contributed by atoms with van der Waals surface area (Å²) < 4.78 is 84.0. The van der Waals surface area contributed by atoms with Crippen LogP contribution in [0.5, 0.6) is 0 Å². The highest BCUT2D eigenvalue weighted by atomic mass is 32.2. The van der Waals surface area contributed by atoms with Crippen LogP contribution >= 0.6 is 0 Å². The SMILES string of the molecule is O=S(c1ccccc1)N1COCN(S(=O)c2ccccc2)COCN(S(=O)c2ccccc2)COCN(S(=O)c2ccccc2)COC1. The van der Waals surface area contributed by atoms with Crippen molar-refractivity contribution in [2.75, 3.05) is 53.8 Å². The zero-order valence-corrected chi connectivity index (χ0v) is 29.2. The van der Waals surface area contributed by atoms with E-state index in [0.29, 0.717) is 19.6 Å². The largest absolute Gasteiger partial charge is 0.349 e. The lowest BCUT2D eigenvalue weighted by Crippen LogP contribution is -2.40. The van der Waals surface area contributed by atoms with E-state index in [1.54, 1.807) is 97.1 Å². The highest BCUT2D eigenvalue weighted by molar-refractivity contribution is 7.83. The highest BCUT2D eigenvalue weighted by Gasteiger charge is 2.24. The predicted octanol–water partition coefficient (Wildman–Crippen LogP) is 3.83. The predicted molar refractivity (Wildman–Crippen MR) is 182 cm³/mol. The van der Waals surface area contributed by atoms with Gasteiger partial charge in [0.25, 0.3) is 0 Å². The van der Waals surface area contributed by atoms with E-state index in [1.165, 1.54) is 17.2 Å². The van der Waals surface area contributed by atoms with Crippen LogP contribution in [-0.4, -0.2) is 87.9 Å². The molecule has 1 aliphatic heterocycles. The highest BCUT2D eigenvalue weighted by Crippen LogP contribution is 2.17. The Balaban J connectivity index is 1.39. The lowest BCUT2D eigenvalue weighted by atomic mass is 10.4. The van der Waals surface area contributed by atoms with Crippen LogP contribution in [0.1, 0.15) is 0 Å². The topological polar surface area (TPSA) is 118 Å². The van der Waals surface area contributed by atoms with Gasteiger partial charge in [0.2, 0.25) is 0 Å². The van der Waals surface area contributed by atoms with Gasteiger partial charge in [-0.1, -0.05) is 72.8 Å². The number of hydrogen-bond donors (Lipinski definition) is 0. The molecule has 1 saturated heterocycles. The second-order valence-corrected chi connectivity index (χ2v) is 16.0. The molecule has 0 bridgehead atoms. The zero-order chi connectivity index (χ0) is 33.6. The van der Waals surface area contributed by atoms with Gasteiger partial charge >= 0.3 is 0 Å². The van der Waals surface area contributed by atoms with E-state index in [1.807, 2.05) is 24.3 Å². The summed E-state index contributed by atoms with van der Waals surface area (Å²) in [7, 11) is -6.71. The number of benzene rings is 4. The maximum Gasteiger partial charge on any atom is 0.131 e. The maximum atomic E-state index is 13.6. The molecule has 0 amide bonds. The standard InChI is InChI=1S/C32H36N4O8S4/c37-45(29-13-5-1-6-14-29)33-21-41-23-34(46(38)30-15-7-2-8-16-30)25-43-27-36(48(40)32-19-11-4-12-20-32)28-44-26-35(24-42-22-33)47(39)31-17-9-3-10-18-31/h1-20H,21-28H2. The van der Waals surface area contributed by atoms with Crippen molar-refractivity contribution >= 4 is 43.9 Å². The van der Waals surface area contributed by atoms with Crippen molar-refractivity contribution < 1.29 is 35.8 Å². The molecule has 1 heterocycles. The lowest BCUT2D eigenvalue weighted by molar-refractivity contribution is -0.0843. The minimum absolute atomic E-state index is 0.160. The average Bonchev–Trinajstić information content (AvgIpc) is 3.15. The maximum absolute atomic E-state index is 13.6. The summed E-state index contributed by atoms with van der Waals surface area (Å²) in [4.78, 5) is 2.14. The van der Waals surface area contributed by atoms with Crippen molar-refractivity contribution in [3.05, 3.63) is 121 Å². The third-order valence-electron chi connectivity index (χ3n) is 6.60. The first kappa shape index (κ1) is 36.4. The Morgan fingerprint density at radius 3 is 0.646 bits per heavy atom. The second-order valence-electron chi connectivity index (χ2n) is 10.0. The fourth-order valence-electron chi connectivity index (χ4n) is 4.25. The molecule has 16 heteroatoms. The van der Waals surface area contributed by atoms with Gasteiger partial charge in [-0.2, -0.15) is 17.2 Å². The first-order valence-corrected chi connectivity index (χ1v) is 19.1. The third-order valence-corrected chi connectivity index (χ3v) is 12.0. The van der Waals surface area contributed by atoms with Crippen LogP contribution in [0.2, 0.25) is 0 Å². The van der Waals surface area contributed by atoms with Crippen LogP contribution in [0.15, 0.2) is 141 Å². The smallest absolute Gasteiger partial charge is 0.131 e. The van der Waals surface area contributed by atoms with Crippen LogP contribution in [-0.2, 0) is 62.9 Å². The molecule has 0 spiro atoms. The summed E-state index contributed by atoms with van der Waals surface area (Å²) in [5, 5.41) is 0. The third kappa shape index (κ3) is 10.6. The molecule has 0 radical (unpaired) electrons. The average molecular weight is 733 g/mol. The Morgan fingerprint density at radius 2 is 0.479 bits per heavy atom. The van der Waals surface area contributed by atoms with Gasteiger partial charge in [-0.05, 0) is 48.5 Å². The minimum atomic E-state index is -1.68. The molecular weight excluding hydrogens is 697 g/mol. The normalized spacial score (nSPS) is 20.0. The Bertz CT molecular complexity index is 1380. The first-order chi connectivity index (χ1) is 23.5. The van der Waals surface area contributed by atoms with Crippen molar-refractivity contribution in [2.45, 2.75) is 19.6 Å². The Morgan fingerprint density at radius 1 is 0.312 bits per heavy atom. The molecule has 0 N–H and O–H groups in total. The summed E-state index contributed by atoms with van der Waals surface area (Å²) in [6.45, 7) is -1.28. The number of rotatable bonds is 8. The fourth-order valence-corrected chi connectivity index (χ4v) is 8.37. The lowest BCUT2D eigenvalue weighted by Gasteiger charge is -2.28. The molecule has 0 aromatic heterocycles. The quantitative estimate of drug-likeness (QED) is 0.269. The van der Waals surface area contributed by atoms with Crippen molar-refractivity contribution in [3.63, 3.8) is 0 Å². The van der Waals surface area contributed by atoms with E-state index in [2.05, 4.69) is 0 Å². The molecule has 0 saturated carbocycles. The molecule has 48 heavy (non-hydrogen) atoms. The zero-order valence-electron chi connectivity index (χ0n) is 25.9. The molecule has 256 valence electrons. The first-order valence-electron chi connectivity index (χ1n) is 14.7. The summed E-state index contributed by atoms with van der Waals surface area (Å²) in [5.74, 6) is 0. The number of ether oxygens (including phenoxy) is 4. The molecule has 4 aromatic carbocycles. The molecule has 12 nitrogen and oxygen atoms in total. The van der Waals surface area contributed by atoms with E-state index in [4.69, 9.17) is 18.9 Å². The van der Waals surface area contributed by atoms with E-state index in [-0.39, 0.29) is 53.8 Å². The molecule has 4 atom stereocenters. The van der Waals surface area contributed by atoms with Gasteiger partial charge in [0.05, 0.1) is 19.6 Å². The Kier molecular flexibility index (Phi) is 14.7. The van der Waals surface area contributed by atoms with Gasteiger partial charge in [-0.25, -0.2) is 16.8 Å². The van der Waals surface area contributed by atoms with Gasteiger partial charge in [0.1, 0.15) is 97.8 Å². The second kappa shape index (κ2) is 19.4. The van der Waals surface area contributed by atoms with E-state index >= 15 is 0 Å². The van der Waals surface area contributed by atoms with Crippen LogP contribution in [0.3, 0.4) is 0 Å². The molecule has 1 fully saturated rings. The van der Waals surface area contributed by atoms with Crippen LogP contribution < -0.4 is 0 Å². The minimum Gasteiger partial charge on any atom is -0.349 e. The summed E-state index contributed by atoms with van der Waals surface area (Å²) >= 11 is 0. The van der Waals surface area contributed by atoms with Gasteiger partial charge in [-0.15, -0.1) is 0 Å². The summed E-state index contributed by atoms with van der Waals surface area (Å²) in [6.07, 6.45) is 0. The number of nitrogens with zero attached hydrogens (tertiary/aromatic N) is 4. The monoisotopic (exact) mass is 732 g/mol. The van der Waals surface area contributed by atoms with E-state index in [9.17, 15) is 16.8 Å². The van der Waals surface area contributed by atoms with Crippen molar-refractivity contribution in [3.8, 4) is 0 Å². The molecule has 1 aliphatic rings. The number of hydrogen-bond acceptors (Lipinski definition) is 8. The van der Waals surface area contributed by atoms with Gasteiger partial charge < -0.3 is 18.9 Å². The van der Waals surface area contributed by atoms with Crippen LogP contribution in [0.25, 0.3) is 0 Å². The van der Waals surface area contributed by atoms with Crippen LogP contribution in [0, 0.1) is 0 Å². The Labute approximate surface area is 290 Å². The van der Waals surface area contributed by atoms with Crippen molar-refractivity contribution in [1.82, 2.24) is 17.2 Å².